The molecule has 0 radical (unpaired) electrons. The van der Waals surface area contributed by atoms with Crippen LogP contribution in [0, 0.1) is 26.2 Å². The third-order valence-electron chi connectivity index (χ3n) is 5.63. The Morgan fingerprint density at radius 2 is 1.97 bits per heavy atom. The molecule has 0 saturated carbocycles. The first-order chi connectivity index (χ1) is 15.8. The van der Waals surface area contributed by atoms with Gasteiger partial charge in [-0.15, -0.1) is 6.42 Å². The quantitative estimate of drug-likeness (QED) is 0.171. The van der Waals surface area contributed by atoms with Crippen LogP contribution in [-0.4, -0.2) is 41.8 Å². The Morgan fingerprint density at radius 1 is 1.18 bits per heavy atom. The van der Waals surface area contributed by atoms with Crippen LogP contribution in [0.1, 0.15) is 30.3 Å². The van der Waals surface area contributed by atoms with E-state index in [0.29, 0.717) is 24.6 Å². The molecule has 0 amide bonds. The Morgan fingerprint density at radius 3 is 2.64 bits per heavy atom. The number of hydrogen-bond acceptors (Lipinski definition) is 5. The summed E-state index contributed by atoms with van der Waals surface area (Å²) in [6, 6.07) is 6.18. The molecule has 0 fully saturated rings. The number of rotatable bonds is 8. The summed E-state index contributed by atoms with van der Waals surface area (Å²) in [6.45, 7) is 6.57. The van der Waals surface area contributed by atoms with Gasteiger partial charge in [0.2, 0.25) is 11.8 Å². The van der Waals surface area contributed by atoms with Gasteiger partial charge in [0.1, 0.15) is 11.8 Å². The molecule has 33 heavy (non-hydrogen) atoms. The number of terminal acetylenes is 1. The SMILES string of the molecule is C#Cc1nn(PI)c2ccc(-c3cnn(C)c3O[C@@H](C)CCOc3c(C)c(C)nn3C)cc12. The van der Waals surface area contributed by atoms with Crippen molar-refractivity contribution in [1.29, 1.82) is 0 Å². The van der Waals surface area contributed by atoms with Crippen LogP contribution in [0.25, 0.3) is 22.0 Å². The fourth-order valence-electron chi connectivity index (χ4n) is 3.74. The lowest BCUT2D eigenvalue weighted by Gasteiger charge is -2.17. The molecular formula is C23H26IN6O2P. The first-order valence-electron chi connectivity index (χ1n) is 10.5. The topological polar surface area (TPSA) is 71.9 Å². The van der Waals surface area contributed by atoms with Crippen molar-refractivity contribution in [1.82, 2.24) is 29.1 Å². The van der Waals surface area contributed by atoms with Gasteiger partial charge in [0, 0.05) is 31.5 Å². The molecule has 0 bridgehead atoms. The summed E-state index contributed by atoms with van der Waals surface area (Å²) < 4.78 is 17.7. The number of aryl methyl sites for hydroxylation is 3. The third kappa shape index (κ3) is 4.59. The van der Waals surface area contributed by atoms with Crippen molar-refractivity contribution < 1.29 is 9.47 Å². The standard InChI is InChI=1S/C23H26IN6O2P/c1-7-20-18-12-17(8-9-21(18)30(27-20)33-24)19-13-25-28(5)23(19)32-14(2)10-11-31-22-15(3)16(4)26-29(22)6/h1,8-9,12-14,33H,10-11H2,2-6H3/t14-/m0/s1. The van der Waals surface area contributed by atoms with E-state index < -0.39 is 0 Å². The first kappa shape index (κ1) is 23.6. The maximum Gasteiger partial charge on any atom is 0.219 e. The van der Waals surface area contributed by atoms with E-state index in [1.54, 1.807) is 9.36 Å². The Kier molecular flexibility index (Phi) is 6.96. The maximum absolute atomic E-state index is 6.31. The lowest BCUT2D eigenvalue weighted by molar-refractivity contribution is 0.161. The normalized spacial score (nSPS) is 12.5. The first-order valence-corrected chi connectivity index (χ1v) is 14.6. The molecule has 0 spiro atoms. The molecule has 0 N–H and O–H groups in total. The summed E-state index contributed by atoms with van der Waals surface area (Å²) in [5.41, 5.74) is 5.62. The molecule has 4 rings (SSSR count). The molecule has 0 saturated heterocycles. The van der Waals surface area contributed by atoms with Crippen molar-refractivity contribution in [3.63, 3.8) is 0 Å². The van der Waals surface area contributed by atoms with Crippen LogP contribution in [0.2, 0.25) is 0 Å². The summed E-state index contributed by atoms with van der Waals surface area (Å²) >= 11 is 2.30. The van der Waals surface area contributed by atoms with E-state index in [-0.39, 0.29) is 6.10 Å². The Labute approximate surface area is 208 Å². The third-order valence-corrected chi connectivity index (χ3v) is 7.50. The van der Waals surface area contributed by atoms with Gasteiger partial charge >= 0.3 is 0 Å². The second-order valence-corrected chi connectivity index (χ2v) is 9.95. The van der Waals surface area contributed by atoms with Gasteiger partial charge < -0.3 is 9.47 Å². The highest BCUT2D eigenvalue weighted by molar-refractivity contribution is 14.2. The predicted molar refractivity (Wildman–Crippen MR) is 140 cm³/mol. The minimum atomic E-state index is -0.0678. The van der Waals surface area contributed by atoms with Crippen molar-refractivity contribution in [2.24, 2.45) is 14.1 Å². The van der Waals surface area contributed by atoms with Crippen LogP contribution >= 0.6 is 28.4 Å². The molecule has 3 heterocycles. The smallest absolute Gasteiger partial charge is 0.219 e. The van der Waals surface area contributed by atoms with E-state index in [1.807, 2.05) is 45.5 Å². The van der Waals surface area contributed by atoms with Crippen LogP contribution in [0.3, 0.4) is 0 Å². The van der Waals surface area contributed by atoms with E-state index in [9.17, 15) is 0 Å². The lowest BCUT2D eigenvalue weighted by atomic mass is 10.1. The zero-order chi connectivity index (χ0) is 23.7. The summed E-state index contributed by atoms with van der Waals surface area (Å²) in [7, 11) is 3.77. The number of hydrogen-bond donors (Lipinski definition) is 0. The fourth-order valence-corrected chi connectivity index (χ4v) is 5.26. The van der Waals surface area contributed by atoms with Crippen LogP contribution in [-0.2, 0) is 14.1 Å². The molecule has 0 aliphatic carbocycles. The number of benzene rings is 1. The number of halogens is 1. The Bertz CT molecular complexity index is 1350. The molecule has 4 aromatic rings. The average Bonchev–Trinajstić information content (AvgIpc) is 3.42. The highest BCUT2D eigenvalue weighted by Gasteiger charge is 2.18. The van der Waals surface area contributed by atoms with E-state index in [4.69, 9.17) is 15.9 Å². The second-order valence-electron chi connectivity index (χ2n) is 7.91. The van der Waals surface area contributed by atoms with Gasteiger partial charge in [-0.05, 0) is 66.4 Å². The molecule has 172 valence electrons. The van der Waals surface area contributed by atoms with Crippen LogP contribution in [0.15, 0.2) is 24.4 Å². The number of fused-ring (bicyclic) bond motifs is 1. The van der Waals surface area contributed by atoms with E-state index in [1.165, 1.54) is 0 Å². The highest BCUT2D eigenvalue weighted by Crippen LogP contribution is 2.36. The molecule has 2 atom stereocenters. The van der Waals surface area contributed by atoms with Crippen molar-refractivity contribution in [3.05, 3.63) is 41.3 Å². The summed E-state index contributed by atoms with van der Waals surface area (Å²) in [4.78, 5) is 0. The zero-order valence-corrected chi connectivity index (χ0v) is 22.4. The van der Waals surface area contributed by atoms with E-state index in [0.717, 1.165) is 45.6 Å². The van der Waals surface area contributed by atoms with E-state index >= 15 is 0 Å². The van der Waals surface area contributed by atoms with Crippen molar-refractivity contribution in [2.75, 3.05) is 6.61 Å². The van der Waals surface area contributed by atoms with Gasteiger partial charge in [0.25, 0.3) is 0 Å². The van der Waals surface area contributed by atoms with Gasteiger partial charge in [-0.3, -0.25) is 0 Å². The van der Waals surface area contributed by atoms with Gasteiger partial charge in [0.05, 0.1) is 36.0 Å². The molecule has 0 aliphatic heterocycles. The maximum atomic E-state index is 6.31. The van der Waals surface area contributed by atoms with Gasteiger partial charge in [-0.1, -0.05) is 6.07 Å². The Hall–Kier alpha value is -2.57. The number of nitrogens with zero attached hydrogens (tertiary/aromatic N) is 6. The highest BCUT2D eigenvalue weighted by atomic mass is 127. The molecule has 8 nitrogen and oxygen atoms in total. The molecule has 3 aromatic heterocycles. The second kappa shape index (κ2) is 9.74. The van der Waals surface area contributed by atoms with E-state index in [2.05, 4.69) is 61.5 Å². The minimum absolute atomic E-state index is 0.0678. The van der Waals surface area contributed by atoms with Crippen LogP contribution in [0.4, 0.5) is 0 Å². The summed E-state index contributed by atoms with van der Waals surface area (Å²) in [5, 5.41) is 14.3. The largest absolute Gasteiger partial charge is 0.477 e. The van der Waals surface area contributed by atoms with Crippen molar-refractivity contribution in [2.45, 2.75) is 33.3 Å². The summed E-state index contributed by atoms with van der Waals surface area (Å²) in [5.74, 6) is 4.20. The van der Waals surface area contributed by atoms with Crippen LogP contribution in [0.5, 0.6) is 11.8 Å². The Balaban J connectivity index is 1.51. The molecule has 1 aromatic carbocycles. The predicted octanol–water partition coefficient (Wildman–Crippen LogP) is 4.80. The number of aromatic nitrogens is 6. The van der Waals surface area contributed by atoms with Gasteiger partial charge in [-0.2, -0.15) is 15.3 Å². The molecule has 1 unspecified atom stereocenters. The lowest BCUT2D eigenvalue weighted by Crippen LogP contribution is -2.18. The number of ether oxygens (including phenoxy) is 2. The van der Waals surface area contributed by atoms with Gasteiger partial charge in [-0.25, -0.2) is 13.8 Å². The molecular weight excluding hydrogens is 550 g/mol. The van der Waals surface area contributed by atoms with Crippen LogP contribution < -0.4 is 9.47 Å². The minimum Gasteiger partial charge on any atom is -0.477 e. The fraction of sp³-hybridized carbons (Fsp3) is 0.348. The monoisotopic (exact) mass is 576 g/mol. The molecule has 0 aliphatic rings. The van der Waals surface area contributed by atoms with Crippen molar-refractivity contribution >= 4 is 39.3 Å². The van der Waals surface area contributed by atoms with Crippen molar-refractivity contribution in [3.8, 4) is 35.2 Å². The molecule has 10 heteroatoms. The summed E-state index contributed by atoms with van der Waals surface area (Å²) in [6.07, 6.45) is 8.65. The zero-order valence-electron chi connectivity index (χ0n) is 19.3. The van der Waals surface area contributed by atoms with Gasteiger partial charge in [0.15, 0.2) is 0 Å². The average molecular weight is 576 g/mol.